The molecule has 7 rings (SSSR count). The number of quaternary nitrogens is 1. The number of phenols is 2. The van der Waals surface area contributed by atoms with E-state index in [1.165, 1.54) is 158 Å². The van der Waals surface area contributed by atoms with Crippen LogP contribution >= 0.6 is 0 Å². The van der Waals surface area contributed by atoms with Crippen LogP contribution in [0.1, 0.15) is 128 Å². The smallest absolute Gasteiger partial charge is 0.115 e. The molecule has 0 bridgehead atoms. The van der Waals surface area contributed by atoms with E-state index >= 15 is 0 Å². The standard InChI is InChI=1S/C54H65NO2.BrH/c1-3-5-7-9-11-13-15-21-35-55(36-22-16-14-12-10-8-6-4-2)39-51-49(41-27-31-45(56)32-28-41)37-43-23-17-19-25-47(43)53(51)54-48-26-20-18-24-44(48)38-50(52(54)40-55)42-29-33-46(57)34-30-42;/h17-20,23-34,37-38H,3-16,21-22,35-36,39-40H2,1-2H3,(H-,56,57);1H. The van der Waals surface area contributed by atoms with Crippen molar-refractivity contribution >= 4 is 21.5 Å². The first kappa shape index (κ1) is 43.5. The lowest BCUT2D eigenvalue weighted by atomic mass is 9.82. The van der Waals surface area contributed by atoms with Gasteiger partial charge in [-0.25, -0.2) is 0 Å². The number of hydrogen-bond donors (Lipinski definition) is 2. The van der Waals surface area contributed by atoms with Gasteiger partial charge in [0.2, 0.25) is 0 Å². The largest absolute Gasteiger partial charge is 1.00 e. The van der Waals surface area contributed by atoms with E-state index in [1.807, 2.05) is 24.3 Å². The van der Waals surface area contributed by atoms with Crippen LogP contribution in [0.2, 0.25) is 0 Å². The van der Waals surface area contributed by atoms with Gasteiger partial charge in [-0.2, -0.15) is 0 Å². The van der Waals surface area contributed by atoms with E-state index in [2.05, 4.69) is 98.8 Å². The number of halogens is 1. The molecule has 0 amide bonds. The van der Waals surface area contributed by atoms with Gasteiger partial charge in [0.1, 0.15) is 24.6 Å². The Bertz CT molecular complexity index is 2050. The van der Waals surface area contributed by atoms with Crippen LogP contribution in [0.4, 0.5) is 0 Å². The summed E-state index contributed by atoms with van der Waals surface area (Å²) in [5.74, 6) is 0.602. The van der Waals surface area contributed by atoms with Gasteiger partial charge in [0.15, 0.2) is 0 Å². The van der Waals surface area contributed by atoms with Crippen molar-refractivity contribution in [3.8, 4) is 44.9 Å². The van der Waals surface area contributed by atoms with E-state index in [1.54, 1.807) is 0 Å². The highest BCUT2D eigenvalue weighted by Crippen LogP contribution is 2.50. The van der Waals surface area contributed by atoms with Crippen molar-refractivity contribution in [2.45, 2.75) is 130 Å². The monoisotopic (exact) mass is 839 g/mol. The van der Waals surface area contributed by atoms with Crippen molar-refractivity contribution in [1.29, 1.82) is 0 Å². The minimum atomic E-state index is 0. The zero-order valence-electron chi connectivity index (χ0n) is 35.3. The van der Waals surface area contributed by atoms with E-state index in [-0.39, 0.29) is 17.0 Å². The first-order valence-corrected chi connectivity index (χ1v) is 22.5. The molecule has 0 unspecified atom stereocenters. The molecule has 0 saturated heterocycles. The van der Waals surface area contributed by atoms with Crippen molar-refractivity contribution < 1.29 is 31.7 Å². The Morgan fingerprint density at radius 1 is 0.431 bits per heavy atom. The highest BCUT2D eigenvalue weighted by atomic mass is 79.9. The van der Waals surface area contributed by atoms with Gasteiger partial charge >= 0.3 is 0 Å². The highest BCUT2D eigenvalue weighted by Gasteiger charge is 2.37. The molecule has 2 N–H and O–H groups in total. The van der Waals surface area contributed by atoms with Crippen molar-refractivity contribution in [2.24, 2.45) is 0 Å². The maximum Gasteiger partial charge on any atom is 0.115 e. The van der Waals surface area contributed by atoms with Crippen LogP contribution in [0.3, 0.4) is 0 Å². The lowest BCUT2D eigenvalue weighted by Crippen LogP contribution is -3.00. The van der Waals surface area contributed by atoms with Gasteiger partial charge in [0, 0.05) is 22.3 Å². The number of rotatable bonds is 20. The fraction of sp³-hybridized carbons (Fsp3) is 0.407. The zero-order chi connectivity index (χ0) is 39.5. The van der Waals surface area contributed by atoms with Crippen LogP contribution in [0.5, 0.6) is 11.5 Å². The molecule has 4 heteroatoms. The lowest BCUT2D eigenvalue weighted by Gasteiger charge is -2.39. The maximum atomic E-state index is 10.4. The summed E-state index contributed by atoms with van der Waals surface area (Å²) in [7, 11) is 0. The molecule has 3 nitrogen and oxygen atoms in total. The molecular formula is C54H66BrNO2. The van der Waals surface area contributed by atoms with E-state index < -0.39 is 0 Å². The predicted octanol–water partition coefficient (Wildman–Crippen LogP) is 12.5. The molecule has 306 valence electrons. The van der Waals surface area contributed by atoms with Crippen molar-refractivity contribution in [1.82, 2.24) is 0 Å². The third-order valence-electron chi connectivity index (χ3n) is 12.9. The maximum absolute atomic E-state index is 10.4. The molecule has 6 aromatic carbocycles. The molecule has 0 aromatic heterocycles. The van der Waals surface area contributed by atoms with Crippen LogP contribution in [0.25, 0.3) is 54.9 Å². The fourth-order valence-electron chi connectivity index (χ4n) is 9.79. The molecule has 0 saturated carbocycles. The van der Waals surface area contributed by atoms with Crippen molar-refractivity contribution in [3.63, 3.8) is 0 Å². The third-order valence-corrected chi connectivity index (χ3v) is 12.9. The number of fused-ring (bicyclic) bond motifs is 7. The summed E-state index contributed by atoms with van der Waals surface area (Å²) in [6.45, 7) is 8.88. The second kappa shape index (κ2) is 21.2. The Kier molecular flexibility index (Phi) is 15.9. The lowest BCUT2D eigenvalue weighted by molar-refractivity contribution is -0.953. The van der Waals surface area contributed by atoms with Crippen LogP contribution < -0.4 is 17.0 Å². The second-order valence-corrected chi connectivity index (χ2v) is 17.1. The number of hydrogen-bond acceptors (Lipinski definition) is 2. The molecule has 1 aliphatic heterocycles. The summed E-state index contributed by atoms with van der Waals surface area (Å²) in [4.78, 5) is 0. The zero-order valence-corrected chi connectivity index (χ0v) is 36.8. The first-order chi connectivity index (χ1) is 28.0. The number of unbranched alkanes of at least 4 members (excludes halogenated alkanes) is 14. The average Bonchev–Trinajstić information content (AvgIpc) is 3.38. The molecule has 0 fully saturated rings. The Balaban J connectivity index is 0.00000567. The normalized spacial score (nSPS) is 13.2. The highest BCUT2D eigenvalue weighted by molar-refractivity contribution is 6.12. The van der Waals surface area contributed by atoms with Crippen LogP contribution in [0.15, 0.2) is 109 Å². The second-order valence-electron chi connectivity index (χ2n) is 17.1. The minimum absolute atomic E-state index is 0. The fourth-order valence-corrected chi connectivity index (χ4v) is 9.79. The van der Waals surface area contributed by atoms with Crippen molar-refractivity contribution in [3.05, 3.63) is 120 Å². The van der Waals surface area contributed by atoms with Crippen molar-refractivity contribution in [2.75, 3.05) is 13.1 Å². The Morgan fingerprint density at radius 2 is 0.776 bits per heavy atom. The van der Waals surface area contributed by atoms with Gasteiger partial charge in [0.05, 0.1) is 13.1 Å². The first-order valence-electron chi connectivity index (χ1n) is 22.5. The molecule has 1 heterocycles. The Labute approximate surface area is 359 Å². The Morgan fingerprint density at radius 3 is 1.16 bits per heavy atom. The molecule has 58 heavy (non-hydrogen) atoms. The van der Waals surface area contributed by atoms with Gasteiger partial charge in [0.25, 0.3) is 0 Å². The summed E-state index contributed by atoms with van der Waals surface area (Å²) in [5.41, 5.74) is 10.5. The van der Waals surface area contributed by atoms with E-state index in [4.69, 9.17) is 0 Å². The molecule has 0 atom stereocenters. The van der Waals surface area contributed by atoms with Gasteiger partial charge in [-0.15, -0.1) is 0 Å². The van der Waals surface area contributed by atoms with Crippen LogP contribution in [-0.4, -0.2) is 27.8 Å². The number of benzene rings is 6. The SMILES string of the molecule is CCCCCCCCCC[N+]1(CCCCCCCCCC)Cc2c(-c3ccc(O)cc3)cc3ccccc3c2-c2c(c(-c3ccc(O)cc3)cc3ccccc23)C1.[Br-]. The molecule has 6 aromatic rings. The van der Waals surface area contributed by atoms with Crippen LogP contribution in [-0.2, 0) is 13.1 Å². The van der Waals surface area contributed by atoms with E-state index in [0.29, 0.717) is 11.5 Å². The van der Waals surface area contributed by atoms with Crippen LogP contribution in [0, 0.1) is 0 Å². The molecule has 0 aliphatic carbocycles. The third kappa shape index (κ3) is 10.4. The van der Waals surface area contributed by atoms with Gasteiger partial charge < -0.3 is 31.7 Å². The number of phenolic OH excluding ortho intramolecular Hbond substituents is 2. The van der Waals surface area contributed by atoms with Gasteiger partial charge in [-0.3, -0.25) is 0 Å². The van der Waals surface area contributed by atoms with E-state index in [0.717, 1.165) is 41.8 Å². The number of aromatic hydroxyl groups is 2. The number of nitrogens with zero attached hydrogens (tertiary/aromatic N) is 1. The van der Waals surface area contributed by atoms with Gasteiger partial charge in [-0.1, -0.05) is 164 Å². The quantitative estimate of drug-likeness (QED) is 0.0594. The van der Waals surface area contributed by atoms with E-state index in [9.17, 15) is 10.2 Å². The topological polar surface area (TPSA) is 40.5 Å². The minimum Gasteiger partial charge on any atom is -1.00 e. The summed E-state index contributed by atoms with van der Waals surface area (Å²) < 4.78 is 1.04. The van der Waals surface area contributed by atoms with Gasteiger partial charge in [-0.05, 0) is 106 Å². The molecular weight excluding hydrogens is 775 g/mol. The summed E-state index contributed by atoms with van der Waals surface area (Å²) in [5, 5.41) is 26.0. The summed E-state index contributed by atoms with van der Waals surface area (Å²) in [6.07, 6.45) is 21.1. The molecule has 0 radical (unpaired) electrons. The summed E-state index contributed by atoms with van der Waals surface area (Å²) in [6, 6.07) is 38.7. The molecule has 0 spiro atoms. The molecule has 1 aliphatic rings. The summed E-state index contributed by atoms with van der Waals surface area (Å²) >= 11 is 0. The average molecular weight is 841 g/mol. The predicted molar refractivity (Wildman–Crippen MR) is 244 cm³/mol. The Hall–Kier alpha value is -4.12.